The van der Waals surface area contributed by atoms with Crippen LogP contribution in [0, 0.1) is 0 Å². The Kier molecular flexibility index (Phi) is 4.67. The molecule has 0 saturated carbocycles. The van der Waals surface area contributed by atoms with E-state index in [1.54, 1.807) is 17.7 Å². The van der Waals surface area contributed by atoms with Crippen molar-refractivity contribution in [2.24, 2.45) is 7.05 Å². The molecule has 132 valence electrons. The van der Waals surface area contributed by atoms with E-state index in [0.717, 1.165) is 12.0 Å². The molecule has 2 heterocycles. The Morgan fingerprint density at radius 1 is 1.32 bits per heavy atom. The lowest BCUT2D eigenvalue weighted by Gasteiger charge is -2.15. The topological polar surface area (TPSA) is 84.7 Å². The number of H-pyrrole nitrogens is 1. The molecule has 0 fully saturated rings. The summed E-state index contributed by atoms with van der Waals surface area (Å²) in [5, 5.41) is 3.92. The second-order valence-electron chi connectivity index (χ2n) is 6.06. The number of hydrogen-bond donors (Lipinski definition) is 2. The molecule has 0 radical (unpaired) electrons. The normalized spacial score (nSPS) is 12.5. The molecular formula is C17H20ClN5O2. The summed E-state index contributed by atoms with van der Waals surface area (Å²) in [5.74, 6) is 0.538. The van der Waals surface area contributed by atoms with Crippen LogP contribution in [0.4, 0.5) is 5.95 Å². The molecule has 2 N–H and O–H groups in total. The van der Waals surface area contributed by atoms with Gasteiger partial charge in [0.2, 0.25) is 5.95 Å². The Bertz CT molecular complexity index is 1030. The number of benzene rings is 1. The molecule has 0 saturated heterocycles. The van der Waals surface area contributed by atoms with Crippen molar-refractivity contribution in [1.29, 1.82) is 0 Å². The number of fused-ring (bicyclic) bond motifs is 1. The summed E-state index contributed by atoms with van der Waals surface area (Å²) in [7, 11) is 1.58. The second kappa shape index (κ2) is 6.76. The molecule has 0 aliphatic heterocycles. The maximum Gasteiger partial charge on any atom is 0.329 e. The molecule has 1 atom stereocenters. The van der Waals surface area contributed by atoms with Crippen molar-refractivity contribution in [3.8, 4) is 0 Å². The number of nitrogens with one attached hydrogen (secondary N) is 2. The lowest BCUT2D eigenvalue weighted by molar-refractivity contribution is 0.729. The number of aromatic amines is 1. The zero-order valence-corrected chi connectivity index (χ0v) is 15.1. The van der Waals surface area contributed by atoms with E-state index >= 15 is 0 Å². The van der Waals surface area contributed by atoms with Crippen LogP contribution < -0.4 is 16.6 Å². The van der Waals surface area contributed by atoms with Gasteiger partial charge in [0.15, 0.2) is 11.2 Å². The largest absolute Gasteiger partial charge is 0.353 e. The van der Waals surface area contributed by atoms with Gasteiger partial charge in [-0.1, -0.05) is 36.7 Å². The molecule has 0 amide bonds. The Hall–Kier alpha value is -2.54. The molecule has 2 aromatic heterocycles. The van der Waals surface area contributed by atoms with E-state index in [2.05, 4.69) is 22.2 Å². The predicted octanol–water partition coefficient (Wildman–Crippen LogP) is 2.34. The van der Waals surface area contributed by atoms with Crippen LogP contribution in [0.5, 0.6) is 0 Å². The maximum absolute atomic E-state index is 12.4. The first-order valence-corrected chi connectivity index (χ1v) is 8.49. The average Bonchev–Trinajstić information content (AvgIpc) is 2.93. The first-order valence-electron chi connectivity index (χ1n) is 8.11. The molecule has 0 bridgehead atoms. The Balaban J connectivity index is 2.24. The fraction of sp³-hybridized carbons (Fsp3) is 0.353. The van der Waals surface area contributed by atoms with Crippen molar-refractivity contribution < 1.29 is 0 Å². The molecule has 1 aromatic carbocycles. The maximum atomic E-state index is 12.4. The van der Waals surface area contributed by atoms with Gasteiger partial charge in [0.25, 0.3) is 5.56 Å². The quantitative estimate of drug-likeness (QED) is 0.730. The first-order chi connectivity index (χ1) is 11.9. The monoisotopic (exact) mass is 361 g/mol. The van der Waals surface area contributed by atoms with Crippen LogP contribution in [-0.4, -0.2) is 25.1 Å². The summed E-state index contributed by atoms with van der Waals surface area (Å²) in [6.07, 6.45) is 0.893. The Morgan fingerprint density at radius 2 is 2.04 bits per heavy atom. The number of aryl methyl sites for hydroxylation is 1. The van der Waals surface area contributed by atoms with Crippen molar-refractivity contribution in [3.05, 3.63) is 55.7 Å². The molecule has 0 spiro atoms. The van der Waals surface area contributed by atoms with Crippen LogP contribution in [0.25, 0.3) is 11.2 Å². The van der Waals surface area contributed by atoms with Crippen molar-refractivity contribution in [2.45, 2.75) is 32.9 Å². The third kappa shape index (κ3) is 3.19. The number of rotatable bonds is 5. The number of imidazole rings is 1. The second-order valence-corrected chi connectivity index (χ2v) is 6.46. The summed E-state index contributed by atoms with van der Waals surface area (Å²) >= 11 is 6.28. The third-order valence-electron chi connectivity index (χ3n) is 4.28. The highest BCUT2D eigenvalue weighted by Gasteiger charge is 2.19. The summed E-state index contributed by atoms with van der Waals surface area (Å²) < 4.78 is 3.10. The minimum Gasteiger partial charge on any atom is -0.353 e. The van der Waals surface area contributed by atoms with Gasteiger partial charge >= 0.3 is 5.69 Å². The van der Waals surface area contributed by atoms with E-state index < -0.39 is 11.2 Å². The minimum absolute atomic E-state index is 0.165. The molecule has 3 aromatic rings. The van der Waals surface area contributed by atoms with Crippen LogP contribution in [-0.2, 0) is 13.6 Å². The van der Waals surface area contributed by atoms with E-state index in [0.29, 0.717) is 28.7 Å². The van der Waals surface area contributed by atoms with Crippen molar-refractivity contribution in [1.82, 2.24) is 19.1 Å². The van der Waals surface area contributed by atoms with Gasteiger partial charge in [0, 0.05) is 18.1 Å². The third-order valence-corrected chi connectivity index (χ3v) is 4.65. The fourth-order valence-corrected chi connectivity index (χ4v) is 2.81. The highest BCUT2D eigenvalue weighted by atomic mass is 35.5. The molecule has 25 heavy (non-hydrogen) atoms. The zero-order chi connectivity index (χ0) is 18.1. The van der Waals surface area contributed by atoms with Gasteiger partial charge in [0.05, 0.1) is 6.54 Å². The fourth-order valence-electron chi connectivity index (χ4n) is 2.62. The van der Waals surface area contributed by atoms with E-state index in [1.807, 2.05) is 25.1 Å². The van der Waals surface area contributed by atoms with Crippen LogP contribution in [0.1, 0.15) is 25.8 Å². The number of anilines is 1. The summed E-state index contributed by atoms with van der Waals surface area (Å²) in [5.41, 5.74) is 0.591. The van der Waals surface area contributed by atoms with Crippen LogP contribution in [0.2, 0.25) is 5.02 Å². The van der Waals surface area contributed by atoms with Gasteiger partial charge in [-0.05, 0) is 25.0 Å². The van der Waals surface area contributed by atoms with Gasteiger partial charge < -0.3 is 5.32 Å². The lowest BCUT2D eigenvalue weighted by atomic mass is 10.2. The average molecular weight is 362 g/mol. The van der Waals surface area contributed by atoms with E-state index in [1.165, 1.54) is 4.57 Å². The van der Waals surface area contributed by atoms with Crippen molar-refractivity contribution in [2.75, 3.05) is 5.32 Å². The standard InChI is InChI=1S/C17H20ClN5O2/c1-4-10(2)19-16-20-14-13(15(24)21-17(25)22(14)3)23(16)9-11-7-5-6-8-12(11)18/h5-8,10H,4,9H2,1-3H3,(H,19,20)(H,21,24,25)/t10-/m0/s1. The SMILES string of the molecule is CC[C@H](C)Nc1nc2c(c(=O)[nH]c(=O)n2C)n1Cc1ccccc1Cl. The number of halogens is 1. The van der Waals surface area contributed by atoms with Gasteiger partial charge in [-0.2, -0.15) is 4.98 Å². The Morgan fingerprint density at radius 3 is 2.72 bits per heavy atom. The summed E-state index contributed by atoms with van der Waals surface area (Å²) in [6, 6.07) is 7.61. The molecule has 0 aliphatic carbocycles. The van der Waals surface area contributed by atoms with Crippen LogP contribution in [0.15, 0.2) is 33.9 Å². The van der Waals surface area contributed by atoms with Gasteiger partial charge in [0.1, 0.15) is 0 Å². The molecule has 7 nitrogen and oxygen atoms in total. The smallest absolute Gasteiger partial charge is 0.329 e. The number of hydrogen-bond acceptors (Lipinski definition) is 4. The molecule has 3 rings (SSSR count). The van der Waals surface area contributed by atoms with Gasteiger partial charge in [-0.15, -0.1) is 0 Å². The van der Waals surface area contributed by atoms with Crippen LogP contribution >= 0.6 is 11.6 Å². The molecule has 0 aliphatic rings. The van der Waals surface area contributed by atoms with E-state index in [9.17, 15) is 9.59 Å². The minimum atomic E-state index is -0.491. The van der Waals surface area contributed by atoms with Crippen LogP contribution in [0.3, 0.4) is 0 Å². The number of aromatic nitrogens is 4. The molecule has 8 heteroatoms. The predicted molar refractivity (Wildman–Crippen MR) is 99.5 cm³/mol. The van der Waals surface area contributed by atoms with Gasteiger partial charge in [-0.3, -0.25) is 18.9 Å². The highest BCUT2D eigenvalue weighted by molar-refractivity contribution is 6.31. The van der Waals surface area contributed by atoms with E-state index in [4.69, 9.17) is 11.6 Å². The first kappa shape index (κ1) is 17.3. The van der Waals surface area contributed by atoms with Crippen molar-refractivity contribution >= 4 is 28.7 Å². The number of nitrogens with zero attached hydrogens (tertiary/aromatic N) is 3. The molecular weight excluding hydrogens is 342 g/mol. The summed E-state index contributed by atoms with van der Waals surface area (Å²) in [6.45, 7) is 4.46. The Labute approximate surface area is 149 Å². The van der Waals surface area contributed by atoms with Gasteiger partial charge in [-0.25, -0.2) is 4.79 Å². The highest BCUT2D eigenvalue weighted by Crippen LogP contribution is 2.22. The molecule has 0 unspecified atom stereocenters. The summed E-state index contributed by atoms with van der Waals surface area (Å²) in [4.78, 5) is 31.1. The lowest BCUT2D eigenvalue weighted by Crippen LogP contribution is -2.29. The van der Waals surface area contributed by atoms with E-state index in [-0.39, 0.29) is 6.04 Å². The van der Waals surface area contributed by atoms with Crippen molar-refractivity contribution in [3.63, 3.8) is 0 Å². The zero-order valence-electron chi connectivity index (χ0n) is 14.3.